The molecular formula is C16H29N3S. The van der Waals surface area contributed by atoms with Gasteiger partial charge in [-0.3, -0.25) is 0 Å². The Balaban J connectivity index is 1.97. The molecule has 20 heavy (non-hydrogen) atoms. The minimum atomic E-state index is 0.318. The summed E-state index contributed by atoms with van der Waals surface area (Å²) in [6.07, 6.45) is 8.00. The summed E-state index contributed by atoms with van der Waals surface area (Å²) in [6, 6.07) is 0.382. The molecule has 0 aromatic carbocycles. The fourth-order valence-corrected chi connectivity index (χ4v) is 4.30. The molecule has 0 spiro atoms. The van der Waals surface area contributed by atoms with Gasteiger partial charge in [-0.1, -0.05) is 25.7 Å². The second-order valence-corrected chi connectivity index (χ2v) is 7.64. The standard InChI is InChI=1S/C16H29N3S/c1-12(15-13(2)19-14(3)20-15)18-11-16(10-17)8-6-4-5-7-9-16/h12,18H,4-11,17H2,1-3H3. The quantitative estimate of drug-likeness (QED) is 0.814. The van der Waals surface area contributed by atoms with Crippen LogP contribution in [0.4, 0.5) is 0 Å². The Labute approximate surface area is 127 Å². The molecule has 0 bridgehead atoms. The maximum atomic E-state index is 6.12. The van der Waals surface area contributed by atoms with E-state index in [0.717, 1.165) is 18.1 Å². The SMILES string of the molecule is Cc1nc(C)c(C(C)NCC2(CN)CCCCCC2)s1. The lowest BCUT2D eigenvalue weighted by Crippen LogP contribution is -2.41. The number of nitrogens with one attached hydrogen (secondary N) is 1. The van der Waals surface area contributed by atoms with Crippen LogP contribution >= 0.6 is 11.3 Å². The highest BCUT2D eigenvalue weighted by Crippen LogP contribution is 2.34. The second-order valence-electron chi connectivity index (χ2n) is 6.40. The van der Waals surface area contributed by atoms with Crippen molar-refractivity contribution in [2.24, 2.45) is 11.1 Å². The van der Waals surface area contributed by atoms with Crippen LogP contribution in [0.1, 0.15) is 67.1 Å². The van der Waals surface area contributed by atoms with E-state index in [1.54, 1.807) is 0 Å². The van der Waals surface area contributed by atoms with E-state index < -0.39 is 0 Å². The number of nitrogens with two attached hydrogens (primary N) is 1. The monoisotopic (exact) mass is 295 g/mol. The van der Waals surface area contributed by atoms with Crippen LogP contribution < -0.4 is 11.1 Å². The van der Waals surface area contributed by atoms with Crippen molar-refractivity contribution in [1.29, 1.82) is 0 Å². The molecule has 1 aliphatic rings. The number of aromatic nitrogens is 1. The van der Waals surface area contributed by atoms with Crippen molar-refractivity contribution in [2.75, 3.05) is 13.1 Å². The first-order valence-electron chi connectivity index (χ1n) is 7.94. The molecule has 4 heteroatoms. The van der Waals surface area contributed by atoms with Crippen LogP contribution in [0.3, 0.4) is 0 Å². The van der Waals surface area contributed by atoms with E-state index in [1.165, 1.54) is 49.1 Å². The summed E-state index contributed by atoms with van der Waals surface area (Å²) in [5.74, 6) is 0. The maximum Gasteiger partial charge on any atom is 0.0900 e. The summed E-state index contributed by atoms with van der Waals surface area (Å²) in [5.41, 5.74) is 7.61. The summed E-state index contributed by atoms with van der Waals surface area (Å²) < 4.78 is 0. The predicted octanol–water partition coefficient (Wildman–Crippen LogP) is 3.71. The summed E-state index contributed by atoms with van der Waals surface area (Å²) in [5, 5.41) is 4.89. The van der Waals surface area contributed by atoms with E-state index in [9.17, 15) is 0 Å². The molecule has 1 atom stereocenters. The summed E-state index contributed by atoms with van der Waals surface area (Å²) in [6.45, 7) is 8.30. The lowest BCUT2D eigenvalue weighted by atomic mass is 9.80. The topological polar surface area (TPSA) is 50.9 Å². The van der Waals surface area contributed by atoms with Crippen molar-refractivity contribution in [3.05, 3.63) is 15.6 Å². The molecule has 2 rings (SSSR count). The number of aryl methyl sites for hydroxylation is 2. The maximum absolute atomic E-state index is 6.12. The van der Waals surface area contributed by atoms with E-state index in [2.05, 4.69) is 31.1 Å². The van der Waals surface area contributed by atoms with Crippen LogP contribution in [-0.4, -0.2) is 18.1 Å². The first-order valence-corrected chi connectivity index (χ1v) is 8.75. The van der Waals surface area contributed by atoms with Crippen molar-refractivity contribution in [3.8, 4) is 0 Å². The minimum Gasteiger partial charge on any atom is -0.330 e. The van der Waals surface area contributed by atoms with Crippen molar-refractivity contribution < 1.29 is 0 Å². The van der Waals surface area contributed by atoms with Crippen molar-refractivity contribution >= 4 is 11.3 Å². The molecule has 0 saturated heterocycles. The van der Waals surface area contributed by atoms with Gasteiger partial charge < -0.3 is 11.1 Å². The molecule has 0 amide bonds. The van der Waals surface area contributed by atoms with E-state index in [0.29, 0.717) is 11.5 Å². The molecule has 3 N–H and O–H groups in total. The zero-order chi connectivity index (χ0) is 14.6. The molecule has 1 aliphatic carbocycles. The number of nitrogens with zero attached hydrogens (tertiary/aromatic N) is 1. The van der Waals surface area contributed by atoms with Crippen molar-refractivity contribution in [1.82, 2.24) is 10.3 Å². The highest BCUT2D eigenvalue weighted by atomic mass is 32.1. The van der Waals surface area contributed by atoms with Gasteiger partial charge in [0.1, 0.15) is 0 Å². The second kappa shape index (κ2) is 7.01. The number of thiazole rings is 1. The van der Waals surface area contributed by atoms with Crippen LogP contribution in [0.15, 0.2) is 0 Å². The van der Waals surface area contributed by atoms with E-state index in [-0.39, 0.29) is 0 Å². The van der Waals surface area contributed by atoms with Gasteiger partial charge in [0.05, 0.1) is 10.7 Å². The zero-order valence-electron chi connectivity index (χ0n) is 13.2. The Hall–Kier alpha value is -0.450. The molecule has 1 aromatic heterocycles. The van der Waals surface area contributed by atoms with Gasteiger partial charge >= 0.3 is 0 Å². The minimum absolute atomic E-state index is 0.318. The van der Waals surface area contributed by atoms with Crippen LogP contribution in [-0.2, 0) is 0 Å². The Morgan fingerprint density at radius 3 is 2.40 bits per heavy atom. The molecule has 1 heterocycles. The largest absolute Gasteiger partial charge is 0.330 e. The van der Waals surface area contributed by atoms with Gasteiger partial charge in [0.15, 0.2) is 0 Å². The number of hydrogen-bond acceptors (Lipinski definition) is 4. The van der Waals surface area contributed by atoms with Crippen molar-refractivity contribution in [2.45, 2.75) is 65.3 Å². The van der Waals surface area contributed by atoms with Gasteiger partial charge in [-0.25, -0.2) is 4.98 Å². The van der Waals surface area contributed by atoms with Gasteiger partial charge in [-0.05, 0) is 45.6 Å². The molecule has 0 aliphatic heterocycles. The van der Waals surface area contributed by atoms with E-state index in [4.69, 9.17) is 5.73 Å². The third kappa shape index (κ3) is 3.80. The first-order chi connectivity index (χ1) is 9.56. The molecule has 0 radical (unpaired) electrons. The van der Waals surface area contributed by atoms with Gasteiger partial charge in [-0.2, -0.15) is 0 Å². The lowest BCUT2D eigenvalue weighted by molar-refractivity contribution is 0.234. The highest BCUT2D eigenvalue weighted by molar-refractivity contribution is 7.11. The molecule has 1 unspecified atom stereocenters. The van der Waals surface area contributed by atoms with Crippen LogP contribution in [0.5, 0.6) is 0 Å². The Morgan fingerprint density at radius 1 is 1.25 bits per heavy atom. The molecule has 1 fully saturated rings. The molecule has 114 valence electrons. The average Bonchev–Trinajstić information content (AvgIpc) is 2.66. The predicted molar refractivity (Wildman–Crippen MR) is 87.2 cm³/mol. The number of hydrogen-bond donors (Lipinski definition) is 2. The van der Waals surface area contributed by atoms with Crippen molar-refractivity contribution in [3.63, 3.8) is 0 Å². The van der Waals surface area contributed by atoms with Crippen LogP contribution in [0, 0.1) is 19.3 Å². The molecular weight excluding hydrogens is 266 g/mol. The smallest absolute Gasteiger partial charge is 0.0900 e. The zero-order valence-corrected chi connectivity index (χ0v) is 14.0. The highest BCUT2D eigenvalue weighted by Gasteiger charge is 2.30. The Morgan fingerprint density at radius 2 is 1.90 bits per heavy atom. The van der Waals surface area contributed by atoms with Gasteiger partial charge in [-0.15, -0.1) is 11.3 Å². The fraction of sp³-hybridized carbons (Fsp3) is 0.812. The van der Waals surface area contributed by atoms with Gasteiger partial charge in [0.2, 0.25) is 0 Å². The van der Waals surface area contributed by atoms with E-state index >= 15 is 0 Å². The summed E-state index contributed by atoms with van der Waals surface area (Å²) >= 11 is 1.81. The van der Waals surface area contributed by atoms with Crippen LogP contribution in [0.25, 0.3) is 0 Å². The van der Waals surface area contributed by atoms with Gasteiger partial charge in [0.25, 0.3) is 0 Å². The van der Waals surface area contributed by atoms with E-state index in [1.807, 2.05) is 11.3 Å². The summed E-state index contributed by atoms with van der Waals surface area (Å²) in [7, 11) is 0. The average molecular weight is 295 g/mol. The lowest BCUT2D eigenvalue weighted by Gasteiger charge is -2.33. The Kier molecular flexibility index (Phi) is 5.58. The Bertz CT molecular complexity index is 419. The molecule has 1 aromatic rings. The van der Waals surface area contributed by atoms with Gasteiger partial charge in [0, 0.05) is 17.5 Å². The fourth-order valence-electron chi connectivity index (χ4n) is 3.34. The van der Waals surface area contributed by atoms with Crippen LogP contribution in [0.2, 0.25) is 0 Å². The third-order valence-electron chi connectivity index (χ3n) is 4.71. The molecule has 1 saturated carbocycles. The number of rotatable bonds is 5. The molecule has 3 nitrogen and oxygen atoms in total. The normalized spacial score (nSPS) is 20.6. The third-order valence-corrected chi connectivity index (χ3v) is 5.97. The first kappa shape index (κ1) is 15.9. The summed E-state index contributed by atoms with van der Waals surface area (Å²) in [4.78, 5) is 5.91.